The van der Waals surface area contributed by atoms with Crippen molar-refractivity contribution in [1.29, 1.82) is 0 Å². The van der Waals surface area contributed by atoms with Crippen molar-refractivity contribution in [3.63, 3.8) is 0 Å². The Bertz CT molecular complexity index is 1250. The fourth-order valence-corrected chi connectivity index (χ4v) is 5.82. The highest BCUT2D eigenvalue weighted by molar-refractivity contribution is 5.44. The molecule has 0 unspecified atom stereocenters. The molecule has 6 rings (SSSR count). The number of hydrogen-bond donors (Lipinski definition) is 0. The van der Waals surface area contributed by atoms with Crippen molar-refractivity contribution in [2.24, 2.45) is 0 Å². The summed E-state index contributed by atoms with van der Waals surface area (Å²) >= 11 is 0. The van der Waals surface area contributed by atoms with Crippen LogP contribution in [0.15, 0.2) is 103 Å². The molecule has 1 saturated heterocycles. The zero-order chi connectivity index (χ0) is 24.2. The molecule has 0 amide bonds. The molecule has 2 aliphatic rings. The molecule has 36 heavy (non-hydrogen) atoms. The van der Waals surface area contributed by atoms with Crippen LogP contribution in [-0.4, -0.2) is 36.0 Å². The Morgan fingerprint density at radius 2 is 1.19 bits per heavy atom. The number of para-hydroxylation sites is 1. The minimum Gasteiger partial charge on any atom is -0.489 e. The van der Waals surface area contributed by atoms with Gasteiger partial charge in [-0.25, -0.2) is 0 Å². The van der Waals surface area contributed by atoms with Gasteiger partial charge in [0, 0.05) is 38.3 Å². The Morgan fingerprint density at radius 1 is 0.611 bits per heavy atom. The van der Waals surface area contributed by atoms with Crippen LogP contribution in [-0.2, 0) is 26.0 Å². The van der Waals surface area contributed by atoms with E-state index in [2.05, 4.69) is 107 Å². The molecule has 4 aromatic carbocycles. The number of rotatable bonds is 6. The predicted molar refractivity (Wildman–Crippen MR) is 146 cm³/mol. The standard InChI is InChI=1S/C33H34N2O/c1-2-10-26(11-3-1)25-36-32-17-9-6-14-29(32)24-34-20-22-35(23-21-34)33-30-15-7-4-12-27(30)18-19-28-13-5-8-16-31(28)33/h1-17,33H,18-25H2. The molecule has 0 radical (unpaired) electrons. The normalized spacial score (nSPS) is 16.7. The summed E-state index contributed by atoms with van der Waals surface area (Å²) in [6.07, 6.45) is 2.26. The van der Waals surface area contributed by atoms with Gasteiger partial charge in [-0.1, -0.05) is 97.1 Å². The van der Waals surface area contributed by atoms with Crippen LogP contribution in [0.2, 0.25) is 0 Å². The molecular weight excluding hydrogens is 440 g/mol. The van der Waals surface area contributed by atoms with Crippen LogP contribution >= 0.6 is 0 Å². The second-order valence-electron chi connectivity index (χ2n) is 9.99. The zero-order valence-corrected chi connectivity index (χ0v) is 20.9. The maximum Gasteiger partial charge on any atom is 0.124 e. The number of piperazine rings is 1. The van der Waals surface area contributed by atoms with Gasteiger partial charge >= 0.3 is 0 Å². The van der Waals surface area contributed by atoms with E-state index in [0.717, 1.165) is 51.3 Å². The van der Waals surface area contributed by atoms with Crippen molar-refractivity contribution in [3.8, 4) is 5.75 Å². The summed E-state index contributed by atoms with van der Waals surface area (Å²) in [6.45, 7) is 5.80. The van der Waals surface area contributed by atoms with Crippen molar-refractivity contribution in [2.45, 2.75) is 32.0 Å². The van der Waals surface area contributed by atoms with Gasteiger partial charge in [0.25, 0.3) is 0 Å². The van der Waals surface area contributed by atoms with Crippen LogP contribution in [0.4, 0.5) is 0 Å². The molecule has 0 bridgehead atoms. The Kier molecular flexibility index (Phi) is 6.84. The molecule has 0 aromatic heterocycles. The minimum atomic E-state index is 0.351. The van der Waals surface area contributed by atoms with E-state index in [-0.39, 0.29) is 0 Å². The maximum atomic E-state index is 6.24. The summed E-state index contributed by atoms with van der Waals surface area (Å²) in [5.74, 6) is 0.996. The van der Waals surface area contributed by atoms with Gasteiger partial charge < -0.3 is 4.74 Å². The molecule has 0 spiro atoms. The third kappa shape index (κ3) is 4.95. The SMILES string of the molecule is c1ccc(COc2ccccc2CN2CCN(C3c4ccccc4CCc4ccccc43)CC2)cc1. The Morgan fingerprint density at radius 3 is 1.89 bits per heavy atom. The van der Waals surface area contributed by atoms with E-state index in [9.17, 15) is 0 Å². The van der Waals surface area contributed by atoms with E-state index in [1.165, 1.54) is 33.4 Å². The van der Waals surface area contributed by atoms with Crippen molar-refractivity contribution in [1.82, 2.24) is 9.80 Å². The first-order valence-electron chi connectivity index (χ1n) is 13.2. The second kappa shape index (κ2) is 10.7. The van der Waals surface area contributed by atoms with Crippen LogP contribution in [0.25, 0.3) is 0 Å². The Hall–Kier alpha value is -3.40. The molecule has 0 atom stereocenters. The number of hydrogen-bond acceptors (Lipinski definition) is 3. The maximum absolute atomic E-state index is 6.24. The molecule has 0 N–H and O–H groups in total. The first kappa shape index (κ1) is 23.0. The third-order valence-corrected chi connectivity index (χ3v) is 7.74. The van der Waals surface area contributed by atoms with E-state index in [4.69, 9.17) is 4.74 Å². The lowest BCUT2D eigenvalue weighted by atomic mass is 9.92. The Balaban J connectivity index is 1.16. The summed E-state index contributed by atoms with van der Waals surface area (Å²) < 4.78 is 6.24. The van der Waals surface area contributed by atoms with Crippen molar-refractivity contribution in [2.75, 3.05) is 26.2 Å². The van der Waals surface area contributed by atoms with E-state index in [0.29, 0.717) is 12.6 Å². The van der Waals surface area contributed by atoms with Gasteiger partial charge in [0.15, 0.2) is 0 Å². The zero-order valence-electron chi connectivity index (χ0n) is 20.9. The second-order valence-corrected chi connectivity index (χ2v) is 9.99. The molecule has 4 aromatic rings. The molecule has 3 heteroatoms. The molecule has 0 saturated carbocycles. The van der Waals surface area contributed by atoms with Gasteiger partial charge in [0.2, 0.25) is 0 Å². The molecule has 3 nitrogen and oxygen atoms in total. The fourth-order valence-electron chi connectivity index (χ4n) is 5.82. The quantitative estimate of drug-likeness (QED) is 0.327. The number of fused-ring (bicyclic) bond motifs is 2. The molecule has 1 aliphatic carbocycles. The molecule has 1 heterocycles. The lowest BCUT2D eigenvalue weighted by Gasteiger charge is -2.40. The van der Waals surface area contributed by atoms with Crippen LogP contribution in [0.1, 0.15) is 39.4 Å². The first-order chi connectivity index (χ1) is 17.8. The average molecular weight is 475 g/mol. The lowest BCUT2D eigenvalue weighted by molar-refractivity contribution is 0.104. The van der Waals surface area contributed by atoms with Crippen LogP contribution < -0.4 is 4.74 Å². The van der Waals surface area contributed by atoms with Gasteiger partial charge in [0.05, 0.1) is 6.04 Å². The highest BCUT2D eigenvalue weighted by Crippen LogP contribution is 2.37. The van der Waals surface area contributed by atoms with Gasteiger partial charge in [-0.2, -0.15) is 0 Å². The summed E-state index contributed by atoms with van der Waals surface area (Å²) in [6, 6.07) is 37.5. The first-order valence-corrected chi connectivity index (χ1v) is 13.2. The van der Waals surface area contributed by atoms with Gasteiger partial charge in [0.1, 0.15) is 12.4 Å². The number of aryl methyl sites for hydroxylation is 2. The third-order valence-electron chi connectivity index (χ3n) is 7.74. The summed E-state index contributed by atoms with van der Waals surface area (Å²) in [7, 11) is 0. The van der Waals surface area contributed by atoms with E-state index in [1.54, 1.807) is 0 Å². The molecule has 1 fully saturated rings. The summed E-state index contributed by atoms with van der Waals surface area (Å²) in [5.41, 5.74) is 8.47. The Labute approximate surface area is 215 Å². The number of nitrogens with zero attached hydrogens (tertiary/aromatic N) is 2. The van der Waals surface area contributed by atoms with Crippen LogP contribution in [0, 0.1) is 0 Å². The van der Waals surface area contributed by atoms with Crippen LogP contribution in [0.3, 0.4) is 0 Å². The topological polar surface area (TPSA) is 15.7 Å². The monoisotopic (exact) mass is 474 g/mol. The minimum absolute atomic E-state index is 0.351. The highest BCUT2D eigenvalue weighted by atomic mass is 16.5. The molecule has 1 aliphatic heterocycles. The summed E-state index contributed by atoms with van der Waals surface area (Å²) in [4.78, 5) is 5.28. The molecule has 182 valence electrons. The predicted octanol–water partition coefficient (Wildman–Crippen LogP) is 6.27. The van der Waals surface area contributed by atoms with E-state index < -0.39 is 0 Å². The van der Waals surface area contributed by atoms with E-state index in [1.807, 2.05) is 6.07 Å². The van der Waals surface area contributed by atoms with Gasteiger partial charge in [-0.15, -0.1) is 0 Å². The number of benzene rings is 4. The van der Waals surface area contributed by atoms with Crippen molar-refractivity contribution >= 4 is 0 Å². The largest absolute Gasteiger partial charge is 0.489 e. The van der Waals surface area contributed by atoms with Crippen LogP contribution in [0.5, 0.6) is 5.75 Å². The smallest absolute Gasteiger partial charge is 0.124 e. The average Bonchev–Trinajstić information content (AvgIpc) is 3.11. The summed E-state index contributed by atoms with van der Waals surface area (Å²) in [5, 5.41) is 0. The van der Waals surface area contributed by atoms with E-state index >= 15 is 0 Å². The lowest BCUT2D eigenvalue weighted by Crippen LogP contribution is -2.47. The molecular formula is C33H34N2O. The van der Waals surface area contributed by atoms with Crippen molar-refractivity contribution < 1.29 is 4.74 Å². The van der Waals surface area contributed by atoms with Crippen molar-refractivity contribution in [3.05, 3.63) is 137 Å². The number of ether oxygens (including phenoxy) is 1. The van der Waals surface area contributed by atoms with Gasteiger partial charge in [-0.05, 0) is 46.7 Å². The van der Waals surface area contributed by atoms with Gasteiger partial charge in [-0.3, -0.25) is 9.80 Å². The fraction of sp³-hybridized carbons (Fsp3) is 0.273. The highest BCUT2D eigenvalue weighted by Gasteiger charge is 2.30.